The van der Waals surface area contributed by atoms with Crippen LogP contribution in [0.5, 0.6) is 0 Å². The second-order valence-corrected chi connectivity index (χ2v) is 7.94. The van der Waals surface area contributed by atoms with Crippen LogP contribution in [-0.2, 0) is 16.1 Å². The Morgan fingerprint density at radius 3 is 2.62 bits per heavy atom. The number of hydrogen-bond donors (Lipinski definition) is 2. The minimum atomic E-state index is -1.08. The van der Waals surface area contributed by atoms with Crippen LogP contribution in [0.2, 0.25) is 0 Å². The van der Waals surface area contributed by atoms with Crippen LogP contribution >= 0.6 is 0 Å². The summed E-state index contributed by atoms with van der Waals surface area (Å²) in [5.74, 6) is -0.0541. The maximum atomic E-state index is 12.7. The summed E-state index contributed by atoms with van der Waals surface area (Å²) in [6.07, 6.45) is 2.47. The molecule has 0 unspecified atom stereocenters. The average molecular weight is 403 g/mol. The third-order valence-corrected chi connectivity index (χ3v) is 5.69. The second-order valence-electron chi connectivity index (χ2n) is 7.94. The molecule has 2 N–H and O–H groups in total. The molecule has 1 aromatic carbocycles. The summed E-state index contributed by atoms with van der Waals surface area (Å²) in [5, 5.41) is 14.6. The van der Waals surface area contributed by atoms with Crippen molar-refractivity contribution in [3.63, 3.8) is 0 Å². The van der Waals surface area contributed by atoms with Gasteiger partial charge in [0.1, 0.15) is 6.61 Å². The van der Waals surface area contributed by atoms with Gasteiger partial charge in [-0.3, -0.25) is 4.79 Å². The van der Waals surface area contributed by atoms with Crippen molar-refractivity contribution >= 4 is 18.1 Å². The van der Waals surface area contributed by atoms with Crippen LogP contribution in [0.1, 0.15) is 44.6 Å². The van der Waals surface area contributed by atoms with Gasteiger partial charge in [-0.15, -0.1) is 0 Å². The molecule has 2 aliphatic rings. The quantitative estimate of drug-likeness (QED) is 0.760. The van der Waals surface area contributed by atoms with E-state index in [1.54, 1.807) is 0 Å². The normalized spacial score (nSPS) is 22.4. The highest BCUT2D eigenvalue weighted by atomic mass is 16.5. The van der Waals surface area contributed by atoms with Crippen LogP contribution in [0.25, 0.3) is 0 Å². The Morgan fingerprint density at radius 1 is 1.17 bits per heavy atom. The molecule has 1 saturated heterocycles. The van der Waals surface area contributed by atoms with Crippen molar-refractivity contribution in [2.24, 2.45) is 11.8 Å². The molecule has 0 radical (unpaired) electrons. The Balaban J connectivity index is 1.40. The molecule has 8 heteroatoms. The number of nitrogens with zero attached hydrogens (tertiary/aromatic N) is 2. The van der Waals surface area contributed by atoms with Gasteiger partial charge in [-0.1, -0.05) is 37.3 Å². The Kier molecular flexibility index (Phi) is 6.95. The standard InChI is InChI=1S/C21H29N3O5/c1-15(19(25)23-10-5-11-24(23)21(27)28)12-17-8-9-18(13-17)22-20(26)29-14-16-6-3-2-4-7-16/h2-4,6-7,15,17-18H,5,8-14H2,1H3,(H,22,26)(H,27,28)/t15-,17-,18-/m1/s1. The summed E-state index contributed by atoms with van der Waals surface area (Å²) in [4.78, 5) is 35.9. The number of carbonyl (C=O) groups excluding carboxylic acids is 2. The predicted molar refractivity (Wildman–Crippen MR) is 106 cm³/mol. The number of benzene rings is 1. The Labute approximate surface area is 170 Å². The van der Waals surface area contributed by atoms with Crippen molar-refractivity contribution < 1.29 is 24.2 Å². The van der Waals surface area contributed by atoms with Crippen molar-refractivity contribution in [3.05, 3.63) is 35.9 Å². The minimum absolute atomic E-state index is 0.0490. The Bertz CT molecular complexity index is 726. The first-order valence-electron chi connectivity index (χ1n) is 10.2. The largest absolute Gasteiger partial charge is 0.464 e. The lowest BCUT2D eigenvalue weighted by molar-refractivity contribution is -0.145. The molecule has 2 fully saturated rings. The fourth-order valence-electron chi connectivity index (χ4n) is 4.25. The van der Waals surface area contributed by atoms with Crippen molar-refractivity contribution in [3.8, 4) is 0 Å². The fraction of sp³-hybridized carbons (Fsp3) is 0.571. The first-order chi connectivity index (χ1) is 13.9. The number of hydrogen-bond acceptors (Lipinski definition) is 4. The van der Waals surface area contributed by atoms with Crippen LogP contribution < -0.4 is 5.32 Å². The molecule has 1 aliphatic heterocycles. The lowest BCUT2D eigenvalue weighted by atomic mass is 9.93. The summed E-state index contributed by atoms with van der Waals surface area (Å²) < 4.78 is 5.27. The van der Waals surface area contributed by atoms with Gasteiger partial charge in [0.2, 0.25) is 5.91 Å². The number of carbonyl (C=O) groups is 3. The van der Waals surface area contributed by atoms with Gasteiger partial charge >= 0.3 is 12.2 Å². The zero-order valence-corrected chi connectivity index (χ0v) is 16.8. The molecule has 0 spiro atoms. The van der Waals surface area contributed by atoms with E-state index in [-0.39, 0.29) is 24.5 Å². The zero-order valence-electron chi connectivity index (χ0n) is 16.8. The summed E-state index contributed by atoms with van der Waals surface area (Å²) in [7, 11) is 0. The molecule has 3 rings (SSSR count). The lowest BCUT2D eigenvalue weighted by Crippen LogP contribution is -2.46. The van der Waals surface area contributed by atoms with E-state index in [1.807, 2.05) is 37.3 Å². The van der Waals surface area contributed by atoms with Gasteiger partial charge < -0.3 is 15.2 Å². The van der Waals surface area contributed by atoms with Crippen LogP contribution in [0.4, 0.5) is 9.59 Å². The van der Waals surface area contributed by atoms with E-state index in [4.69, 9.17) is 4.74 Å². The molecule has 0 bridgehead atoms. The number of alkyl carbamates (subject to hydrolysis) is 1. The van der Waals surface area contributed by atoms with Crippen LogP contribution in [0, 0.1) is 11.8 Å². The van der Waals surface area contributed by atoms with Gasteiger partial charge in [-0.2, -0.15) is 0 Å². The van der Waals surface area contributed by atoms with Crippen molar-refractivity contribution in [2.75, 3.05) is 13.1 Å². The van der Waals surface area contributed by atoms with Gasteiger partial charge in [0.05, 0.1) is 0 Å². The molecule has 3 amide bonds. The van der Waals surface area contributed by atoms with Gasteiger partial charge in [0.25, 0.3) is 0 Å². The van der Waals surface area contributed by atoms with E-state index in [0.29, 0.717) is 31.8 Å². The fourth-order valence-corrected chi connectivity index (χ4v) is 4.25. The molecular weight excluding hydrogens is 374 g/mol. The van der Waals surface area contributed by atoms with E-state index in [1.165, 1.54) is 5.01 Å². The third kappa shape index (κ3) is 5.62. The van der Waals surface area contributed by atoms with E-state index in [9.17, 15) is 19.5 Å². The van der Waals surface area contributed by atoms with E-state index in [0.717, 1.165) is 29.8 Å². The summed E-state index contributed by atoms with van der Waals surface area (Å²) in [5.41, 5.74) is 0.941. The first kappa shape index (κ1) is 21.0. The van der Waals surface area contributed by atoms with Crippen molar-refractivity contribution in [2.45, 2.75) is 51.7 Å². The maximum Gasteiger partial charge on any atom is 0.426 e. The number of amides is 3. The van der Waals surface area contributed by atoms with Crippen LogP contribution in [0.3, 0.4) is 0 Å². The molecule has 8 nitrogen and oxygen atoms in total. The molecule has 3 atom stereocenters. The van der Waals surface area contributed by atoms with Crippen molar-refractivity contribution in [1.82, 2.24) is 15.3 Å². The molecular formula is C21H29N3O5. The van der Waals surface area contributed by atoms with Gasteiger partial charge in [0.15, 0.2) is 0 Å². The van der Waals surface area contributed by atoms with E-state index < -0.39 is 12.2 Å². The number of ether oxygens (including phenoxy) is 1. The summed E-state index contributed by atoms with van der Waals surface area (Å²) >= 11 is 0. The molecule has 0 aromatic heterocycles. The smallest absolute Gasteiger partial charge is 0.426 e. The van der Waals surface area contributed by atoms with Crippen LogP contribution in [0.15, 0.2) is 30.3 Å². The highest BCUT2D eigenvalue weighted by Gasteiger charge is 2.35. The third-order valence-electron chi connectivity index (χ3n) is 5.69. The van der Waals surface area contributed by atoms with Crippen LogP contribution in [-0.4, -0.2) is 52.3 Å². The monoisotopic (exact) mass is 403 g/mol. The van der Waals surface area contributed by atoms with Gasteiger partial charge in [-0.05, 0) is 43.6 Å². The van der Waals surface area contributed by atoms with E-state index in [2.05, 4.69) is 5.32 Å². The molecule has 1 aliphatic carbocycles. The number of rotatable bonds is 6. The molecule has 158 valence electrons. The highest BCUT2D eigenvalue weighted by Crippen LogP contribution is 2.32. The van der Waals surface area contributed by atoms with E-state index >= 15 is 0 Å². The molecule has 1 aromatic rings. The molecule has 1 heterocycles. The number of nitrogens with one attached hydrogen (secondary N) is 1. The summed E-state index contributed by atoms with van der Waals surface area (Å²) in [6, 6.07) is 9.58. The first-order valence-corrected chi connectivity index (χ1v) is 10.2. The molecule has 1 saturated carbocycles. The average Bonchev–Trinajstić information content (AvgIpc) is 3.36. The Hall–Kier alpha value is -2.77. The SMILES string of the molecule is C[C@H](C[C@H]1CC[C@@H](NC(=O)OCc2ccccc2)C1)C(=O)N1CCCN1C(=O)O. The summed E-state index contributed by atoms with van der Waals surface area (Å²) in [6.45, 7) is 2.92. The van der Waals surface area contributed by atoms with Crippen molar-refractivity contribution in [1.29, 1.82) is 0 Å². The highest BCUT2D eigenvalue weighted by molar-refractivity contribution is 5.81. The Morgan fingerprint density at radius 2 is 1.90 bits per heavy atom. The zero-order chi connectivity index (χ0) is 20.8. The number of hydrazine groups is 1. The lowest BCUT2D eigenvalue weighted by Gasteiger charge is -2.28. The maximum absolute atomic E-state index is 12.7. The van der Waals surface area contributed by atoms with Gasteiger partial charge in [0, 0.05) is 25.0 Å². The predicted octanol–water partition coefficient (Wildman–Crippen LogP) is 3.24. The molecule has 29 heavy (non-hydrogen) atoms. The number of carboxylic acid groups (broad SMARTS) is 1. The minimum Gasteiger partial charge on any atom is -0.464 e. The second kappa shape index (κ2) is 9.62. The topological polar surface area (TPSA) is 99.2 Å². The van der Waals surface area contributed by atoms with Gasteiger partial charge in [-0.25, -0.2) is 19.6 Å².